The van der Waals surface area contributed by atoms with Gasteiger partial charge in [-0.05, 0) is 19.8 Å². The van der Waals surface area contributed by atoms with Crippen molar-refractivity contribution in [2.24, 2.45) is 0 Å². The van der Waals surface area contributed by atoms with Crippen molar-refractivity contribution in [1.29, 1.82) is 0 Å². The second kappa shape index (κ2) is 15.0. The Balaban J connectivity index is 2.15. The van der Waals surface area contributed by atoms with Crippen LogP contribution in [0.4, 0.5) is 9.59 Å². The first-order valence-corrected chi connectivity index (χ1v) is 12.2. The van der Waals surface area contributed by atoms with Gasteiger partial charge < -0.3 is 24.8 Å². The van der Waals surface area contributed by atoms with Crippen molar-refractivity contribution in [3.63, 3.8) is 0 Å². The molecule has 0 heterocycles. The Morgan fingerprint density at radius 2 is 1.30 bits per heavy atom. The topological polar surface area (TPSA) is 85.9 Å². The highest BCUT2D eigenvalue weighted by Gasteiger charge is 2.19. The fourth-order valence-electron chi connectivity index (χ4n) is 3.49. The van der Waals surface area contributed by atoms with Crippen LogP contribution in [0.3, 0.4) is 0 Å². The van der Waals surface area contributed by atoms with Crippen LogP contribution in [-0.2, 0) is 0 Å². The van der Waals surface area contributed by atoms with Crippen LogP contribution in [0.5, 0.6) is 17.2 Å². The number of hydrogen-bond acceptors (Lipinski definition) is 5. The molecule has 0 aliphatic heterocycles. The number of fused-ring (bicyclic) bond motifs is 1. The smallest absolute Gasteiger partial charge is 0.412 e. The normalized spacial score (nSPS) is 10.6. The van der Waals surface area contributed by atoms with Gasteiger partial charge in [0.25, 0.3) is 0 Å². The number of benzene rings is 2. The molecule has 0 unspecified atom stereocenters. The Bertz CT molecular complexity index is 884. The monoisotopic (exact) mass is 458 g/mol. The molecule has 2 aromatic carbocycles. The Hall–Kier alpha value is -2.96. The summed E-state index contributed by atoms with van der Waals surface area (Å²) < 4.78 is 17.0. The zero-order valence-electron chi connectivity index (χ0n) is 20.2. The summed E-state index contributed by atoms with van der Waals surface area (Å²) in [7, 11) is 0. The first-order valence-electron chi connectivity index (χ1n) is 12.2. The molecule has 2 amide bonds. The maximum Gasteiger partial charge on any atom is 0.412 e. The predicted molar refractivity (Wildman–Crippen MR) is 131 cm³/mol. The zero-order chi connectivity index (χ0) is 23.9. The van der Waals surface area contributed by atoms with E-state index in [9.17, 15) is 9.59 Å². The van der Waals surface area contributed by atoms with E-state index in [-0.39, 0.29) is 0 Å². The molecule has 33 heavy (non-hydrogen) atoms. The summed E-state index contributed by atoms with van der Waals surface area (Å²) in [5.41, 5.74) is 0. The van der Waals surface area contributed by atoms with Gasteiger partial charge in [-0.25, -0.2) is 9.59 Å². The van der Waals surface area contributed by atoms with Gasteiger partial charge in [0, 0.05) is 29.9 Å². The van der Waals surface area contributed by atoms with Crippen LogP contribution in [0.15, 0.2) is 30.3 Å². The third-order valence-corrected chi connectivity index (χ3v) is 5.22. The average Bonchev–Trinajstić information content (AvgIpc) is 2.81. The first kappa shape index (κ1) is 26.3. The minimum atomic E-state index is -0.531. The first-order chi connectivity index (χ1) is 16.1. The van der Waals surface area contributed by atoms with Gasteiger partial charge in [-0.15, -0.1) is 0 Å². The number of carbonyl (C=O) groups excluding carboxylic acids is 2. The number of rotatable bonds is 14. The molecule has 2 N–H and O–H groups in total. The SMILES string of the molecule is CCCCCCNC(=O)Oc1cc(OCC)c(OC(=O)NCCCCCC)c2ccccc12. The van der Waals surface area contributed by atoms with E-state index < -0.39 is 12.2 Å². The molecule has 0 bridgehead atoms. The number of hydrogen-bond donors (Lipinski definition) is 2. The van der Waals surface area contributed by atoms with Crippen LogP contribution in [0, 0.1) is 0 Å². The second-order valence-corrected chi connectivity index (χ2v) is 7.93. The molecular weight excluding hydrogens is 420 g/mol. The van der Waals surface area contributed by atoms with Crippen LogP contribution in [0.2, 0.25) is 0 Å². The van der Waals surface area contributed by atoms with E-state index >= 15 is 0 Å². The summed E-state index contributed by atoms with van der Waals surface area (Å²) in [5.74, 6) is 1.02. The molecule has 0 aromatic heterocycles. The summed E-state index contributed by atoms with van der Waals surface area (Å²) in [4.78, 5) is 24.8. The highest BCUT2D eigenvalue weighted by Crippen LogP contribution is 2.41. The van der Waals surface area contributed by atoms with Gasteiger partial charge in [0.2, 0.25) is 0 Å². The van der Waals surface area contributed by atoms with Crippen molar-refractivity contribution in [3.05, 3.63) is 30.3 Å². The van der Waals surface area contributed by atoms with Gasteiger partial charge in [-0.3, -0.25) is 0 Å². The van der Waals surface area contributed by atoms with Crippen molar-refractivity contribution in [2.45, 2.75) is 72.1 Å². The van der Waals surface area contributed by atoms with Crippen LogP contribution in [0.25, 0.3) is 10.8 Å². The van der Waals surface area contributed by atoms with Gasteiger partial charge >= 0.3 is 12.2 Å². The maximum atomic E-state index is 12.4. The fraction of sp³-hybridized carbons (Fsp3) is 0.538. The van der Waals surface area contributed by atoms with Crippen molar-refractivity contribution in [1.82, 2.24) is 10.6 Å². The summed E-state index contributed by atoms with van der Waals surface area (Å²) in [6, 6.07) is 8.93. The lowest BCUT2D eigenvalue weighted by Gasteiger charge is -2.17. The number of nitrogens with one attached hydrogen (secondary N) is 2. The Kier molecular flexibility index (Phi) is 11.9. The van der Waals surface area contributed by atoms with Gasteiger partial charge in [-0.1, -0.05) is 76.6 Å². The largest absolute Gasteiger partial charge is 0.490 e. The third-order valence-electron chi connectivity index (χ3n) is 5.22. The van der Waals surface area contributed by atoms with E-state index in [0.29, 0.717) is 47.7 Å². The minimum Gasteiger partial charge on any atom is -0.490 e. The van der Waals surface area contributed by atoms with Crippen molar-refractivity contribution in [3.8, 4) is 17.2 Å². The Morgan fingerprint density at radius 3 is 1.88 bits per heavy atom. The lowest BCUT2D eigenvalue weighted by molar-refractivity contribution is 0.196. The number of ether oxygens (including phenoxy) is 3. The van der Waals surface area contributed by atoms with Gasteiger partial charge in [0.1, 0.15) is 5.75 Å². The fourth-order valence-corrected chi connectivity index (χ4v) is 3.49. The van der Waals surface area contributed by atoms with Gasteiger partial charge in [0.15, 0.2) is 11.5 Å². The van der Waals surface area contributed by atoms with E-state index in [2.05, 4.69) is 24.5 Å². The molecular formula is C26H38N2O5. The molecule has 0 radical (unpaired) electrons. The number of amides is 2. The molecule has 182 valence electrons. The maximum absolute atomic E-state index is 12.4. The van der Waals surface area contributed by atoms with Crippen LogP contribution in [-0.4, -0.2) is 31.9 Å². The molecule has 2 rings (SSSR count). The van der Waals surface area contributed by atoms with E-state index in [4.69, 9.17) is 14.2 Å². The summed E-state index contributed by atoms with van der Waals surface area (Å²) in [6.07, 6.45) is 7.47. The molecule has 0 aliphatic rings. The van der Waals surface area contributed by atoms with E-state index in [0.717, 1.165) is 51.4 Å². The van der Waals surface area contributed by atoms with Crippen molar-refractivity contribution in [2.75, 3.05) is 19.7 Å². The summed E-state index contributed by atoms with van der Waals surface area (Å²) >= 11 is 0. The molecule has 2 aromatic rings. The number of carbonyl (C=O) groups is 2. The quantitative estimate of drug-likeness (QED) is 0.312. The van der Waals surface area contributed by atoms with Crippen molar-refractivity contribution < 1.29 is 23.8 Å². The summed E-state index contributed by atoms with van der Waals surface area (Å²) in [6.45, 7) is 7.63. The molecule has 0 aliphatic carbocycles. The van der Waals surface area contributed by atoms with Crippen LogP contribution >= 0.6 is 0 Å². The van der Waals surface area contributed by atoms with E-state index in [1.54, 1.807) is 6.07 Å². The lowest BCUT2D eigenvalue weighted by Crippen LogP contribution is -2.28. The lowest BCUT2D eigenvalue weighted by atomic mass is 10.1. The van der Waals surface area contributed by atoms with E-state index in [1.807, 2.05) is 31.2 Å². The molecule has 0 atom stereocenters. The Morgan fingerprint density at radius 1 is 0.727 bits per heavy atom. The Labute approximate surface area is 197 Å². The number of unbranched alkanes of at least 4 members (excludes halogenated alkanes) is 6. The standard InChI is InChI=1S/C26H38N2O5/c1-4-7-9-13-17-27-25(29)32-22-19-23(31-6-3)24(21-16-12-11-15-20(21)22)33-26(30)28-18-14-10-8-5-2/h11-12,15-16,19H,4-10,13-14,17-18H2,1-3H3,(H,27,29)(H,28,30). The minimum absolute atomic E-state index is 0.311. The highest BCUT2D eigenvalue weighted by molar-refractivity contribution is 5.98. The average molecular weight is 459 g/mol. The van der Waals surface area contributed by atoms with Crippen LogP contribution in [0.1, 0.15) is 72.1 Å². The van der Waals surface area contributed by atoms with Crippen molar-refractivity contribution >= 4 is 23.0 Å². The van der Waals surface area contributed by atoms with Gasteiger partial charge in [-0.2, -0.15) is 0 Å². The predicted octanol–water partition coefficient (Wildman–Crippen LogP) is 6.58. The molecule has 0 fully saturated rings. The molecule has 0 saturated carbocycles. The third kappa shape index (κ3) is 8.83. The molecule has 0 spiro atoms. The highest BCUT2D eigenvalue weighted by atomic mass is 16.6. The molecule has 7 heteroatoms. The van der Waals surface area contributed by atoms with E-state index in [1.165, 1.54) is 0 Å². The molecule has 0 saturated heterocycles. The zero-order valence-corrected chi connectivity index (χ0v) is 20.2. The van der Waals surface area contributed by atoms with Crippen LogP contribution < -0.4 is 24.8 Å². The summed E-state index contributed by atoms with van der Waals surface area (Å²) in [5, 5.41) is 6.88. The van der Waals surface area contributed by atoms with Gasteiger partial charge in [0.05, 0.1) is 6.61 Å². The second-order valence-electron chi connectivity index (χ2n) is 7.93. The molecule has 7 nitrogen and oxygen atoms in total.